The molecular weight excluding hydrogens is 648 g/mol. The van der Waals surface area contributed by atoms with E-state index in [1.807, 2.05) is 13.8 Å². The Balaban J connectivity index is 3.23. The van der Waals surface area contributed by atoms with Crippen LogP contribution in [0, 0.1) is 17.8 Å². The zero-order valence-corrected chi connectivity index (χ0v) is 30.6. The van der Waals surface area contributed by atoms with E-state index in [4.69, 9.17) is 22.9 Å². The maximum atomic E-state index is 13.8. The van der Waals surface area contributed by atoms with Crippen molar-refractivity contribution in [2.24, 2.45) is 45.7 Å². The third kappa shape index (κ3) is 14.1. The molecule has 1 saturated heterocycles. The Morgan fingerprint density at radius 1 is 0.820 bits per heavy atom. The van der Waals surface area contributed by atoms with Crippen LogP contribution in [0.25, 0.3) is 0 Å². The highest BCUT2D eigenvalue weighted by Gasteiger charge is 2.40. The number of carbonyl (C=O) groups excluding carboxylic acids is 5. The lowest BCUT2D eigenvalue weighted by Crippen LogP contribution is -2.60. The molecule has 1 heterocycles. The first-order chi connectivity index (χ1) is 23.5. The summed E-state index contributed by atoms with van der Waals surface area (Å²) < 4.78 is 0. The van der Waals surface area contributed by atoms with Crippen LogP contribution in [-0.2, 0) is 28.8 Å². The topological polar surface area (TPSA) is 290 Å². The summed E-state index contributed by atoms with van der Waals surface area (Å²) in [5.74, 6) is -4.95. The molecule has 1 fully saturated rings. The number of nitrogens with two attached hydrogens (primary N) is 4. The highest BCUT2D eigenvalue weighted by atomic mass is 16.4. The molecule has 0 spiro atoms. The predicted octanol–water partition coefficient (Wildman–Crippen LogP) is -1.13. The second kappa shape index (κ2) is 22.0. The molecule has 1 aliphatic heterocycles. The van der Waals surface area contributed by atoms with E-state index in [9.17, 15) is 33.9 Å². The Labute approximate surface area is 295 Å². The van der Waals surface area contributed by atoms with Crippen LogP contribution in [0.1, 0.15) is 92.9 Å². The number of likely N-dealkylation sites (tertiary alicyclic amines) is 1. The number of nitrogens with one attached hydrogen (secondary N) is 4. The fraction of sp³-hybridized carbons (Fsp3) is 0.788. The predicted molar refractivity (Wildman–Crippen MR) is 190 cm³/mol. The summed E-state index contributed by atoms with van der Waals surface area (Å²) in [6.45, 7) is 11.5. The summed E-state index contributed by atoms with van der Waals surface area (Å²) >= 11 is 0. The monoisotopic (exact) mass is 710 g/mol. The first-order valence-corrected chi connectivity index (χ1v) is 17.7. The number of amides is 5. The number of aliphatic imine (C=N–C) groups is 1. The van der Waals surface area contributed by atoms with Crippen LogP contribution in [0.4, 0.5) is 0 Å². The lowest BCUT2D eigenvalue weighted by molar-refractivity contribution is -0.144. The normalized spacial score (nSPS) is 18.0. The summed E-state index contributed by atoms with van der Waals surface area (Å²) in [5, 5.41) is 20.4. The number of carboxylic acids is 1. The second-order valence-corrected chi connectivity index (χ2v) is 13.8. The summed E-state index contributed by atoms with van der Waals surface area (Å²) in [6, 6.07) is -6.04. The molecule has 0 saturated carbocycles. The molecule has 1 rings (SSSR count). The molecule has 0 unspecified atom stereocenters. The van der Waals surface area contributed by atoms with Crippen LogP contribution in [0.3, 0.4) is 0 Å². The van der Waals surface area contributed by atoms with Crippen LogP contribution in [0.2, 0.25) is 0 Å². The van der Waals surface area contributed by atoms with Crippen molar-refractivity contribution in [2.45, 2.75) is 129 Å². The van der Waals surface area contributed by atoms with Gasteiger partial charge in [-0.05, 0) is 69.2 Å². The van der Waals surface area contributed by atoms with Crippen molar-refractivity contribution in [3.8, 4) is 0 Å². The molecular formula is C33H62N10O7. The molecule has 286 valence electrons. The molecule has 7 atom stereocenters. The molecule has 0 radical (unpaired) electrons. The average Bonchev–Trinajstić information content (AvgIpc) is 3.55. The molecule has 17 heteroatoms. The van der Waals surface area contributed by atoms with Crippen molar-refractivity contribution in [2.75, 3.05) is 19.6 Å². The van der Waals surface area contributed by atoms with Crippen LogP contribution in [-0.4, -0.2) is 107 Å². The Morgan fingerprint density at radius 3 is 1.92 bits per heavy atom. The molecule has 17 nitrogen and oxygen atoms in total. The van der Waals surface area contributed by atoms with Crippen molar-refractivity contribution < 1.29 is 33.9 Å². The molecule has 1 aliphatic rings. The van der Waals surface area contributed by atoms with Gasteiger partial charge in [-0.1, -0.05) is 48.0 Å². The van der Waals surface area contributed by atoms with E-state index in [0.717, 1.165) is 0 Å². The van der Waals surface area contributed by atoms with Crippen LogP contribution < -0.4 is 44.2 Å². The van der Waals surface area contributed by atoms with Gasteiger partial charge >= 0.3 is 5.97 Å². The number of hydrogen-bond acceptors (Lipinski definition) is 9. The fourth-order valence-corrected chi connectivity index (χ4v) is 5.60. The minimum Gasteiger partial charge on any atom is -0.480 e. The molecule has 50 heavy (non-hydrogen) atoms. The molecule has 0 aliphatic carbocycles. The summed E-state index contributed by atoms with van der Waals surface area (Å²) in [5.41, 5.74) is 22.6. The molecule has 0 aromatic carbocycles. The third-order valence-electron chi connectivity index (χ3n) is 9.02. The van der Waals surface area contributed by atoms with Crippen molar-refractivity contribution in [3.63, 3.8) is 0 Å². The van der Waals surface area contributed by atoms with E-state index in [1.165, 1.54) is 4.90 Å². The van der Waals surface area contributed by atoms with Gasteiger partial charge in [0.25, 0.3) is 0 Å². The summed E-state index contributed by atoms with van der Waals surface area (Å²) in [6.07, 6.45) is 3.19. The third-order valence-corrected chi connectivity index (χ3v) is 9.02. The van der Waals surface area contributed by atoms with Gasteiger partial charge in [0, 0.05) is 13.1 Å². The first kappa shape index (κ1) is 44.0. The summed E-state index contributed by atoms with van der Waals surface area (Å²) in [7, 11) is 0. The molecule has 5 amide bonds. The van der Waals surface area contributed by atoms with Crippen LogP contribution >= 0.6 is 0 Å². The van der Waals surface area contributed by atoms with Crippen LogP contribution in [0.15, 0.2) is 4.99 Å². The maximum Gasteiger partial charge on any atom is 0.326 e. The van der Waals surface area contributed by atoms with E-state index in [-0.39, 0.29) is 50.1 Å². The van der Waals surface area contributed by atoms with Gasteiger partial charge in [-0.3, -0.25) is 29.0 Å². The van der Waals surface area contributed by atoms with E-state index in [2.05, 4.69) is 26.3 Å². The number of nitrogens with zero attached hydrogens (tertiary/aromatic N) is 2. The molecule has 0 aromatic rings. The molecule has 0 bridgehead atoms. The standard InChI is InChI=1S/C33H62N10O7/c1-7-20(6)24(35)30(47)41-25(18(2)3)31(48)43-17-11-14-23(43)29(46)40-21(12-8-9-15-34)27(44)39-22(13-10-16-38-33(36)37)28(45)42-26(19(4)5)32(49)50/h18-26H,7-17,34-35H2,1-6H3,(H,39,44)(H,40,46)(H,41,47)(H,42,45)(H,49,50)(H4,36,37,38)/t20-,21-,22-,23-,24-,25-,26-/m0/s1. The van der Waals surface area contributed by atoms with Gasteiger partial charge in [-0.15, -0.1) is 0 Å². The zero-order valence-electron chi connectivity index (χ0n) is 30.6. The minimum atomic E-state index is -1.22. The molecule has 0 aromatic heterocycles. The quantitative estimate of drug-likeness (QED) is 0.0368. The smallest absolute Gasteiger partial charge is 0.326 e. The van der Waals surface area contributed by atoms with E-state index in [1.54, 1.807) is 27.7 Å². The van der Waals surface area contributed by atoms with Crippen LogP contribution in [0.5, 0.6) is 0 Å². The highest BCUT2D eigenvalue weighted by Crippen LogP contribution is 2.21. The number of carboxylic acid groups (broad SMARTS) is 1. The number of unbranched alkanes of at least 4 members (excludes halogenated alkanes) is 1. The lowest BCUT2D eigenvalue weighted by Gasteiger charge is -2.32. The van der Waals surface area contributed by atoms with Gasteiger partial charge in [-0.2, -0.15) is 0 Å². The Hall–Kier alpha value is -3.99. The van der Waals surface area contributed by atoms with Crippen molar-refractivity contribution >= 4 is 41.5 Å². The fourth-order valence-electron chi connectivity index (χ4n) is 5.60. The van der Waals surface area contributed by atoms with Gasteiger partial charge in [-0.25, -0.2) is 4.79 Å². The second-order valence-electron chi connectivity index (χ2n) is 13.8. The van der Waals surface area contributed by atoms with E-state index < -0.39 is 77.7 Å². The van der Waals surface area contributed by atoms with Crippen molar-refractivity contribution in [1.29, 1.82) is 0 Å². The first-order valence-electron chi connectivity index (χ1n) is 17.7. The van der Waals surface area contributed by atoms with E-state index in [0.29, 0.717) is 38.6 Å². The van der Waals surface area contributed by atoms with Gasteiger partial charge < -0.3 is 54.2 Å². The van der Waals surface area contributed by atoms with Gasteiger partial charge in [0.1, 0.15) is 30.2 Å². The van der Waals surface area contributed by atoms with Gasteiger partial charge in [0.15, 0.2) is 5.96 Å². The highest BCUT2D eigenvalue weighted by molar-refractivity contribution is 5.96. The van der Waals surface area contributed by atoms with Crippen molar-refractivity contribution in [3.05, 3.63) is 0 Å². The summed E-state index contributed by atoms with van der Waals surface area (Å²) in [4.78, 5) is 84.5. The average molecular weight is 711 g/mol. The minimum absolute atomic E-state index is 0.0795. The zero-order chi connectivity index (χ0) is 38.1. The number of hydrogen-bond donors (Lipinski definition) is 9. The Morgan fingerprint density at radius 2 is 1.38 bits per heavy atom. The number of aliphatic carboxylic acids is 1. The SMILES string of the molecule is CC[C@H](C)[C@H](N)C(=O)N[C@H](C(=O)N1CCC[C@H]1C(=O)N[C@@H](CCCCN)C(=O)N[C@@H](CCCN=C(N)N)C(=O)N[C@H](C(=O)O)C(C)C)C(C)C. The van der Waals surface area contributed by atoms with Gasteiger partial charge in [0.2, 0.25) is 29.5 Å². The number of guanidine groups is 1. The number of carbonyl (C=O) groups is 6. The lowest BCUT2D eigenvalue weighted by atomic mass is 9.97. The molecule has 13 N–H and O–H groups in total. The van der Waals surface area contributed by atoms with Gasteiger partial charge in [0.05, 0.1) is 6.04 Å². The number of rotatable bonds is 22. The van der Waals surface area contributed by atoms with E-state index >= 15 is 0 Å². The largest absolute Gasteiger partial charge is 0.480 e. The maximum absolute atomic E-state index is 13.8. The Bertz CT molecular complexity index is 1180. The van der Waals surface area contributed by atoms with Crippen molar-refractivity contribution in [1.82, 2.24) is 26.2 Å². The Kier molecular flexibility index (Phi) is 19.3.